The first-order chi connectivity index (χ1) is 8.58. The van der Waals surface area contributed by atoms with Crippen LogP contribution in [0.3, 0.4) is 0 Å². The molecule has 1 aromatic heterocycles. The van der Waals surface area contributed by atoms with E-state index in [0.717, 1.165) is 17.0 Å². The van der Waals surface area contributed by atoms with Crippen LogP contribution < -0.4 is 0 Å². The Labute approximate surface area is 108 Å². The quantitative estimate of drug-likeness (QED) is 0.827. The maximum Gasteiger partial charge on any atom is 0.0929 e. The van der Waals surface area contributed by atoms with Gasteiger partial charge in [-0.1, -0.05) is 24.3 Å². The lowest BCUT2D eigenvalue weighted by molar-refractivity contribution is 0.321. The molecule has 3 nitrogen and oxygen atoms in total. The SMILES string of the molecule is Cc1ccc(-c2ccc([C@H](C)N(C)C)cc2)nn1. The maximum atomic E-state index is 4.20. The summed E-state index contributed by atoms with van der Waals surface area (Å²) < 4.78 is 0. The van der Waals surface area contributed by atoms with Crippen molar-refractivity contribution in [1.29, 1.82) is 0 Å². The van der Waals surface area contributed by atoms with Crippen LogP contribution in [0.5, 0.6) is 0 Å². The number of aromatic nitrogens is 2. The van der Waals surface area contributed by atoms with Gasteiger partial charge in [-0.25, -0.2) is 0 Å². The molecule has 0 unspecified atom stereocenters. The van der Waals surface area contributed by atoms with E-state index in [1.54, 1.807) is 0 Å². The number of hydrogen-bond donors (Lipinski definition) is 0. The van der Waals surface area contributed by atoms with Gasteiger partial charge < -0.3 is 4.90 Å². The molecule has 0 bridgehead atoms. The van der Waals surface area contributed by atoms with Crippen molar-refractivity contribution in [3.63, 3.8) is 0 Å². The molecule has 0 radical (unpaired) electrons. The maximum absolute atomic E-state index is 4.20. The highest BCUT2D eigenvalue weighted by molar-refractivity contribution is 5.58. The monoisotopic (exact) mass is 241 g/mol. The average molecular weight is 241 g/mol. The van der Waals surface area contributed by atoms with Crippen molar-refractivity contribution in [2.75, 3.05) is 14.1 Å². The minimum absolute atomic E-state index is 0.420. The van der Waals surface area contributed by atoms with Crippen molar-refractivity contribution < 1.29 is 0 Å². The van der Waals surface area contributed by atoms with Crippen LogP contribution >= 0.6 is 0 Å². The summed E-state index contributed by atoms with van der Waals surface area (Å²) in [6.07, 6.45) is 0. The van der Waals surface area contributed by atoms with E-state index >= 15 is 0 Å². The summed E-state index contributed by atoms with van der Waals surface area (Å²) >= 11 is 0. The van der Waals surface area contributed by atoms with Crippen LogP contribution in [-0.2, 0) is 0 Å². The second-order valence-electron chi connectivity index (χ2n) is 4.82. The molecule has 0 saturated carbocycles. The van der Waals surface area contributed by atoms with E-state index in [4.69, 9.17) is 0 Å². The van der Waals surface area contributed by atoms with Crippen LogP contribution in [0.15, 0.2) is 36.4 Å². The van der Waals surface area contributed by atoms with E-state index in [9.17, 15) is 0 Å². The number of nitrogens with zero attached hydrogens (tertiary/aromatic N) is 3. The summed E-state index contributed by atoms with van der Waals surface area (Å²) in [5.74, 6) is 0. The molecule has 0 aliphatic carbocycles. The second-order valence-corrected chi connectivity index (χ2v) is 4.82. The molecule has 0 aliphatic heterocycles. The van der Waals surface area contributed by atoms with Crippen molar-refractivity contribution in [1.82, 2.24) is 15.1 Å². The minimum atomic E-state index is 0.420. The second kappa shape index (κ2) is 5.27. The Bertz CT molecular complexity index is 500. The zero-order chi connectivity index (χ0) is 13.1. The first-order valence-electron chi connectivity index (χ1n) is 6.15. The molecule has 0 spiro atoms. The van der Waals surface area contributed by atoms with E-state index in [-0.39, 0.29) is 0 Å². The van der Waals surface area contributed by atoms with E-state index in [1.807, 2.05) is 19.1 Å². The van der Waals surface area contributed by atoms with Gasteiger partial charge in [0, 0.05) is 11.6 Å². The molecule has 94 valence electrons. The molecule has 1 heterocycles. The number of benzene rings is 1. The molecule has 0 N–H and O–H groups in total. The average Bonchev–Trinajstić information content (AvgIpc) is 2.39. The molecule has 0 fully saturated rings. The van der Waals surface area contributed by atoms with Crippen LogP contribution in [0.2, 0.25) is 0 Å². The molecule has 0 amide bonds. The molecule has 3 heteroatoms. The molecule has 2 rings (SSSR count). The predicted octanol–water partition coefficient (Wildman–Crippen LogP) is 3.07. The normalized spacial score (nSPS) is 12.7. The molecule has 18 heavy (non-hydrogen) atoms. The minimum Gasteiger partial charge on any atom is -0.303 e. The van der Waals surface area contributed by atoms with Crippen molar-refractivity contribution in [2.24, 2.45) is 0 Å². The highest BCUT2D eigenvalue weighted by atomic mass is 15.1. The van der Waals surface area contributed by atoms with E-state index in [2.05, 4.69) is 60.4 Å². The van der Waals surface area contributed by atoms with Crippen molar-refractivity contribution >= 4 is 0 Å². The predicted molar refractivity (Wildman–Crippen MR) is 74.3 cm³/mol. The van der Waals surface area contributed by atoms with Crippen LogP contribution in [0.25, 0.3) is 11.3 Å². The summed E-state index contributed by atoms with van der Waals surface area (Å²) in [7, 11) is 4.17. The highest BCUT2D eigenvalue weighted by Gasteiger charge is 2.07. The van der Waals surface area contributed by atoms with Crippen LogP contribution in [0, 0.1) is 6.92 Å². The summed E-state index contributed by atoms with van der Waals surface area (Å²) in [5, 5.41) is 8.28. The first kappa shape index (κ1) is 12.7. The zero-order valence-electron chi connectivity index (χ0n) is 11.4. The lowest BCUT2D eigenvalue weighted by atomic mass is 10.0. The van der Waals surface area contributed by atoms with E-state index in [0.29, 0.717) is 6.04 Å². The smallest absolute Gasteiger partial charge is 0.0929 e. The third kappa shape index (κ3) is 2.74. The standard InChI is InChI=1S/C15H19N3/c1-11-5-10-15(17-16-11)14-8-6-13(7-9-14)12(2)18(3)4/h5-10,12H,1-4H3/t12-/m0/s1. The molecule has 1 atom stereocenters. The van der Waals surface area contributed by atoms with Gasteiger partial charge >= 0.3 is 0 Å². The Morgan fingerprint density at radius 2 is 1.61 bits per heavy atom. The Morgan fingerprint density at radius 1 is 0.944 bits per heavy atom. The van der Waals surface area contributed by atoms with Gasteiger partial charge in [-0.3, -0.25) is 0 Å². The summed E-state index contributed by atoms with van der Waals surface area (Å²) in [6, 6.07) is 12.9. The molecular weight excluding hydrogens is 222 g/mol. The fraction of sp³-hybridized carbons (Fsp3) is 0.333. The van der Waals surface area contributed by atoms with Gasteiger partial charge in [-0.15, -0.1) is 0 Å². The molecule has 0 aliphatic rings. The molecule has 2 aromatic rings. The van der Waals surface area contributed by atoms with Crippen molar-refractivity contribution in [3.05, 3.63) is 47.7 Å². The van der Waals surface area contributed by atoms with Gasteiger partial charge in [0.1, 0.15) is 0 Å². The third-order valence-electron chi connectivity index (χ3n) is 3.26. The summed E-state index contributed by atoms with van der Waals surface area (Å²) in [4.78, 5) is 2.20. The Kier molecular flexibility index (Phi) is 3.72. The van der Waals surface area contributed by atoms with Crippen LogP contribution in [0.4, 0.5) is 0 Å². The van der Waals surface area contributed by atoms with Crippen molar-refractivity contribution in [2.45, 2.75) is 19.9 Å². The van der Waals surface area contributed by atoms with Gasteiger partial charge in [0.05, 0.1) is 11.4 Å². The lowest BCUT2D eigenvalue weighted by Gasteiger charge is -2.20. The fourth-order valence-corrected chi connectivity index (χ4v) is 1.78. The number of hydrogen-bond acceptors (Lipinski definition) is 3. The van der Waals surface area contributed by atoms with E-state index < -0.39 is 0 Å². The first-order valence-corrected chi connectivity index (χ1v) is 6.15. The Hall–Kier alpha value is -1.74. The Balaban J connectivity index is 2.24. The Morgan fingerprint density at radius 3 is 2.11 bits per heavy atom. The molecule has 1 aromatic carbocycles. The van der Waals surface area contributed by atoms with Gasteiger partial charge in [-0.05, 0) is 45.6 Å². The van der Waals surface area contributed by atoms with Crippen LogP contribution in [0.1, 0.15) is 24.2 Å². The van der Waals surface area contributed by atoms with E-state index in [1.165, 1.54) is 5.56 Å². The molecular formula is C15H19N3. The van der Waals surface area contributed by atoms with Gasteiger partial charge in [-0.2, -0.15) is 10.2 Å². The zero-order valence-corrected chi connectivity index (χ0v) is 11.4. The van der Waals surface area contributed by atoms with Crippen molar-refractivity contribution in [3.8, 4) is 11.3 Å². The highest BCUT2D eigenvalue weighted by Crippen LogP contribution is 2.22. The van der Waals surface area contributed by atoms with Crippen LogP contribution in [-0.4, -0.2) is 29.2 Å². The molecule has 0 saturated heterocycles. The van der Waals surface area contributed by atoms with Gasteiger partial charge in [0.15, 0.2) is 0 Å². The topological polar surface area (TPSA) is 29.0 Å². The van der Waals surface area contributed by atoms with Gasteiger partial charge in [0.25, 0.3) is 0 Å². The summed E-state index contributed by atoms with van der Waals surface area (Å²) in [6.45, 7) is 4.14. The lowest BCUT2D eigenvalue weighted by Crippen LogP contribution is -2.16. The number of aryl methyl sites for hydroxylation is 1. The summed E-state index contributed by atoms with van der Waals surface area (Å²) in [5.41, 5.74) is 4.28. The third-order valence-corrected chi connectivity index (χ3v) is 3.26. The number of rotatable bonds is 3. The van der Waals surface area contributed by atoms with Gasteiger partial charge in [0.2, 0.25) is 0 Å². The largest absolute Gasteiger partial charge is 0.303 e. The fourth-order valence-electron chi connectivity index (χ4n) is 1.78.